The molecule has 15 nitrogen and oxygen atoms in total. The number of fused-ring (bicyclic) bond motifs is 3. The number of rotatable bonds is 16. The molecule has 4 aliphatic rings. The van der Waals surface area contributed by atoms with Crippen molar-refractivity contribution in [3.05, 3.63) is 123 Å². The summed E-state index contributed by atoms with van der Waals surface area (Å²) in [7, 11) is 1.88. The number of amides is 4. The second-order valence-electron chi connectivity index (χ2n) is 17.7. The van der Waals surface area contributed by atoms with E-state index in [9.17, 15) is 29.1 Å². The Labute approximate surface area is 393 Å². The van der Waals surface area contributed by atoms with Crippen molar-refractivity contribution in [2.75, 3.05) is 32.8 Å². The number of benzene rings is 3. The lowest BCUT2D eigenvalue weighted by atomic mass is 9.95. The largest absolute Gasteiger partial charge is 0.493 e. The fraction of sp³-hybridized carbons (Fsp3) is 0.373. The molecule has 5 heterocycles. The highest BCUT2D eigenvalue weighted by molar-refractivity contribution is 6.33. The molecule has 16 heteroatoms. The molecule has 1 aliphatic carbocycles. The van der Waals surface area contributed by atoms with Gasteiger partial charge in [0.1, 0.15) is 23.2 Å². The summed E-state index contributed by atoms with van der Waals surface area (Å²) in [6.07, 6.45) is 3.87. The summed E-state index contributed by atoms with van der Waals surface area (Å²) in [6.45, 7) is 12.1. The molecule has 4 amide bonds. The number of halogens is 1. The Morgan fingerprint density at radius 2 is 1.73 bits per heavy atom. The SMILES string of the molecule is C=Cc1c(CCCOc2cccc3ccccc23)c(C(=O)O)n(CCN2CCN(C(=O)COc3cccc4c3CN(C3CCC(=O)NC3=O)C4=O)C3CC32)c1/C(=C(\C)Cl)c1c(C)nn(C)c1C. The van der Waals surface area contributed by atoms with Gasteiger partial charge in [-0.3, -0.25) is 34.1 Å². The van der Waals surface area contributed by atoms with Crippen LogP contribution in [0.25, 0.3) is 22.4 Å². The lowest BCUT2D eigenvalue weighted by Gasteiger charge is -2.34. The predicted molar refractivity (Wildman–Crippen MR) is 253 cm³/mol. The topological polar surface area (TPSA) is 169 Å². The van der Waals surface area contributed by atoms with Gasteiger partial charge >= 0.3 is 5.97 Å². The number of allylic oxidation sites excluding steroid dienone is 1. The van der Waals surface area contributed by atoms with Gasteiger partial charge in [-0.25, -0.2) is 4.79 Å². The van der Waals surface area contributed by atoms with Gasteiger partial charge in [0.15, 0.2) is 6.61 Å². The van der Waals surface area contributed by atoms with E-state index in [0.29, 0.717) is 89.9 Å². The number of nitrogens with zero attached hydrogens (tertiary/aromatic N) is 6. The maximum atomic E-state index is 13.8. The predicted octanol–water partition coefficient (Wildman–Crippen LogP) is 6.49. The third kappa shape index (κ3) is 8.50. The van der Waals surface area contributed by atoms with Crippen LogP contribution in [0.1, 0.15) is 92.8 Å². The Morgan fingerprint density at radius 3 is 2.46 bits per heavy atom. The number of hydrogen-bond acceptors (Lipinski definition) is 9. The summed E-state index contributed by atoms with van der Waals surface area (Å²) in [5.74, 6) is -1.21. The second kappa shape index (κ2) is 18.5. The molecule has 3 atom stereocenters. The van der Waals surface area contributed by atoms with Crippen LogP contribution in [0.2, 0.25) is 0 Å². The number of carboxylic acids is 1. The van der Waals surface area contributed by atoms with Gasteiger partial charge in [0, 0.05) is 95.7 Å². The summed E-state index contributed by atoms with van der Waals surface area (Å²) >= 11 is 7.05. The van der Waals surface area contributed by atoms with Crippen molar-refractivity contribution in [3.63, 3.8) is 0 Å². The van der Waals surface area contributed by atoms with Gasteiger partial charge in [-0.2, -0.15) is 5.10 Å². The minimum Gasteiger partial charge on any atom is -0.493 e. The maximum Gasteiger partial charge on any atom is 0.352 e. The lowest BCUT2D eigenvalue weighted by Crippen LogP contribution is -2.52. The van der Waals surface area contributed by atoms with Crippen LogP contribution in [0.4, 0.5) is 0 Å². The number of aryl methyl sites for hydroxylation is 2. The minimum atomic E-state index is -1.05. The second-order valence-corrected chi connectivity index (χ2v) is 18.3. The summed E-state index contributed by atoms with van der Waals surface area (Å²) in [6, 6.07) is 18.4. The van der Waals surface area contributed by atoms with Crippen molar-refractivity contribution in [1.29, 1.82) is 0 Å². The van der Waals surface area contributed by atoms with Crippen molar-refractivity contribution < 1.29 is 38.6 Å². The molecule has 348 valence electrons. The van der Waals surface area contributed by atoms with Gasteiger partial charge in [0.05, 0.1) is 24.5 Å². The first-order valence-corrected chi connectivity index (χ1v) is 23.2. The van der Waals surface area contributed by atoms with E-state index in [1.54, 1.807) is 29.0 Å². The minimum absolute atomic E-state index is 0.0266. The molecule has 3 fully saturated rings. The van der Waals surface area contributed by atoms with Gasteiger partial charge < -0.3 is 28.9 Å². The summed E-state index contributed by atoms with van der Waals surface area (Å²) < 4.78 is 16.1. The van der Waals surface area contributed by atoms with Crippen LogP contribution in [-0.2, 0) is 40.9 Å². The highest BCUT2D eigenvalue weighted by Gasteiger charge is 2.50. The normalized spacial score (nSPS) is 19.5. The van der Waals surface area contributed by atoms with Crippen molar-refractivity contribution >= 4 is 63.6 Å². The number of imide groups is 1. The maximum absolute atomic E-state index is 13.8. The molecule has 0 radical (unpaired) electrons. The quantitative estimate of drug-likeness (QED) is 0.0825. The molecule has 1 saturated carbocycles. The van der Waals surface area contributed by atoms with Crippen LogP contribution in [0.3, 0.4) is 0 Å². The molecule has 0 bridgehead atoms. The number of hydrogen-bond donors (Lipinski definition) is 2. The highest BCUT2D eigenvalue weighted by Crippen LogP contribution is 2.41. The lowest BCUT2D eigenvalue weighted by molar-refractivity contribution is -0.137. The molecule has 3 aliphatic heterocycles. The number of aromatic nitrogens is 3. The highest BCUT2D eigenvalue weighted by atomic mass is 35.5. The average molecular weight is 928 g/mol. The first kappa shape index (κ1) is 45.4. The number of carbonyl (C=O) groups excluding carboxylic acids is 4. The standard InChI is InChI=1S/C51H54ClN7O8/c1-6-33-35(16-11-25-66-41-17-9-13-32-12-7-8-14-34(32)41)48(51(64)65)58(47(33)45(29(2)52)46-30(3)54-55(5)31(46)4)24-22-56-21-23-57(40-26-39(40)56)44(61)28-67-42-18-10-15-36-37(42)27-59(50(36)63)38-19-20-43(60)53-49(38)62/h6-10,12-15,17-18,38-40H,1,11,16,19-28H2,2-5H3,(H,64,65)(H,53,60,62)/b45-29+. The zero-order valence-corrected chi connectivity index (χ0v) is 38.9. The zero-order chi connectivity index (χ0) is 47.3. The van der Waals surface area contributed by atoms with E-state index in [1.807, 2.05) is 79.8 Å². The molecule has 0 spiro atoms. The van der Waals surface area contributed by atoms with E-state index >= 15 is 0 Å². The number of carbonyl (C=O) groups is 5. The van der Waals surface area contributed by atoms with E-state index in [2.05, 4.69) is 16.8 Å². The van der Waals surface area contributed by atoms with Crippen molar-refractivity contribution in [3.8, 4) is 11.5 Å². The van der Waals surface area contributed by atoms with Gasteiger partial charge in [-0.1, -0.05) is 66.7 Å². The van der Waals surface area contributed by atoms with Gasteiger partial charge in [-0.05, 0) is 75.6 Å². The van der Waals surface area contributed by atoms with Crippen LogP contribution in [0, 0.1) is 13.8 Å². The Hall–Kier alpha value is -6.71. The van der Waals surface area contributed by atoms with E-state index < -0.39 is 17.9 Å². The Kier molecular flexibility index (Phi) is 12.6. The number of aromatic carboxylic acids is 1. The van der Waals surface area contributed by atoms with Gasteiger partial charge in [-0.15, -0.1) is 0 Å². The monoisotopic (exact) mass is 927 g/mol. The number of ether oxygens (including phenoxy) is 2. The van der Waals surface area contributed by atoms with E-state index in [0.717, 1.165) is 39.9 Å². The summed E-state index contributed by atoms with van der Waals surface area (Å²) in [5, 5.41) is 20.7. The Morgan fingerprint density at radius 1 is 0.970 bits per heavy atom. The fourth-order valence-corrected chi connectivity index (χ4v) is 10.6. The smallest absolute Gasteiger partial charge is 0.352 e. The molecular weight excluding hydrogens is 874 g/mol. The first-order valence-electron chi connectivity index (χ1n) is 22.8. The van der Waals surface area contributed by atoms with E-state index in [4.69, 9.17) is 26.2 Å². The van der Waals surface area contributed by atoms with Crippen LogP contribution in [-0.4, -0.2) is 115 Å². The molecule has 3 unspecified atom stereocenters. The van der Waals surface area contributed by atoms with E-state index in [-0.39, 0.29) is 61.5 Å². The number of nitrogens with one attached hydrogen (secondary N) is 1. The Balaban J connectivity index is 0.915. The van der Waals surface area contributed by atoms with Crippen molar-refractivity contribution in [2.24, 2.45) is 7.05 Å². The molecule has 2 N–H and O–H groups in total. The van der Waals surface area contributed by atoms with E-state index in [1.165, 1.54) is 4.90 Å². The molecule has 3 aromatic carbocycles. The summed E-state index contributed by atoms with van der Waals surface area (Å²) in [4.78, 5) is 70.6. The van der Waals surface area contributed by atoms with Gasteiger partial charge in [0.25, 0.3) is 11.8 Å². The molecule has 5 aromatic rings. The molecule has 2 saturated heterocycles. The van der Waals surface area contributed by atoms with Crippen LogP contribution in [0.15, 0.2) is 72.3 Å². The molecule has 2 aromatic heterocycles. The first-order chi connectivity index (χ1) is 32.3. The molecule has 9 rings (SSSR count). The van der Waals surface area contributed by atoms with Gasteiger partial charge in [0.2, 0.25) is 11.8 Å². The summed E-state index contributed by atoms with van der Waals surface area (Å²) in [5.41, 5.74) is 6.45. The Bertz CT molecular complexity index is 2890. The average Bonchev–Trinajstić information content (AvgIpc) is 3.89. The number of piperazine rings is 1. The number of carboxylic acid groups (broad SMARTS) is 1. The third-order valence-electron chi connectivity index (χ3n) is 13.8. The zero-order valence-electron chi connectivity index (χ0n) is 38.1. The fourth-order valence-electron chi connectivity index (χ4n) is 10.4. The van der Waals surface area contributed by atoms with Crippen molar-refractivity contribution in [2.45, 2.75) is 84.1 Å². The molecular formula is C51H54ClN7O8. The van der Waals surface area contributed by atoms with Crippen LogP contribution < -0.4 is 14.8 Å². The van der Waals surface area contributed by atoms with Crippen LogP contribution in [0.5, 0.6) is 11.5 Å². The van der Waals surface area contributed by atoms with Crippen LogP contribution >= 0.6 is 11.6 Å². The number of piperidine rings is 1. The van der Waals surface area contributed by atoms with Crippen molar-refractivity contribution in [1.82, 2.24) is 34.4 Å². The molecule has 67 heavy (non-hydrogen) atoms. The third-order valence-corrected chi connectivity index (χ3v) is 14.0.